The summed E-state index contributed by atoms with van der Waals surface area (Å²) in [5.74, 6) is 0.0179. The van der Waals surface area contributed by atoms with Crippen molar-refractivity contribution in [1.82, 2.24) is 10.6 Å². The molecule has 0 radical (unpaired) electrons. The summed E-state index contributed by atoms with van der Waals surface area (Å²) < 4.78 is 21.7. The van der Waals surface area contributed by atoms with Crippen molar-refractivity contribution in [3.8, 4) is 0 Å². The van der Waals surface area contributed by atoms with Crippen molar-refractivity contribution in [2.75, 3.05) is 19.8 Å². The van der Waals surface area contributed by atoms with E-state index in [1.54, 1.807) is 0 Å². The number of carbonyl (C=O) groups is 2. The highest BCUT2D eigenvalue weighted by atomic mass is 16.7. The van der Waals surface area contributed by atoms with Gasteiger partial charge in [-0.1, -0.05) is 60.7 Å². The van der Waals surface area contributed by atoms with Gasteiger partial charge < -0.3 is 34.7 Å². The highest BCUT2D eigenvalue weighted by molar-refractivity contribution is 5.68. The van der Waals surface area contributed by atoms with Crippen LogP contribution in [0, 0.1) is 5.92 Å². The molecule has 2 aromatic carbocycles. The first-order valence-corrected chi connectivity index (χ1v) is 11.5. The summed E-state index contributed by atoms with van der Waals surface area (Å²) in [4.78, 5) is 24.7. The molecule has 2 aliphatic heterocycles. The molecule has 0 bridgehead atoms. The quantitative estimate of drug-likeness (QED) is 0.515. The molecule has 4 rings (SSSR count). The van der Waals surface area contributed by atoms with Gasteiger partial charge in [-0.15, -0.1) is 0 Å². The van der Waals surface area contributed by atoms with E-state index in [2.05, 4.69) is 10.6 Å². The molecule has 0 unspecified atom stereocenters. The average molecular weight is 471 g/mol. The van der Waals surface area contributed by atoms with E-state index < -0.39 is 30.4 Å². The topological polar surface area (TPSA) is 115 Å². The summed E-state index contributed by atoms with van der Waals surface area (Å²) in [5.41, 5.74) is 1.78. The Morgan fingerprint density at radius 3 is 2.44 bits per heavy atom. The van der Waals surface area contributed by atoms with E-state index in [4.69, 9.17) is 18.9 Å². The van der Waals surface area contributed by atoms with Crippen LogP contribution in [0.2, 0.25) is 0 Å². The minimum Gasteiger partial charge on any atom is -0.445 e. The molecule has 34 heavy (non-hydrogen) atoms. The number of nitrogens with one attached hydrogen (secondary N) is 2. The molecule has 0 saturated carbocycles. The Morgan fingerprint density at radius 1 is 1.00 bits per heavy atom. The van der Waals surface area contributed by atoms with Gasteiger partial charge in [-0.25, -0.2) is 9.59 Å². The standard InChI is InChI=1S/C25H30N2O7/c28-21(14-26-24(29)33-15-18-9-5-2-6-10-18)20(13-17-7-3-1-4-8-17)27-25(30)34-22-16-32-23-19(22)11-12-31-23/h1-10,19-23,28H,11-16H2,(H,26,29)(H,27,30)/t19-,20-,21+,22-,23+/m0/s1. The minimum absolute atomic E-state index is 0.0179. The lowest BCUT2D eigenvalue weighted by atomic mass is 10.0. The number of benzene rings is 2. The molecule has 5 atom stereocenters. The van der Waals surface area contributed by atoms with E-state index in [9.17, 15) is 14.7 Å². The summed E-state index contributed by atoms with van der Waals surface area (Å²) in [6.07, 6.45) is -1.96. The molecule has 2 amide bonds. The molecule has 3 N–H and O–H groups in total. The van der Waals surface area contributed by atoms with Gasteiger partial charge in [-0.05, 0) is 24.0 Å². The Balaban J connectivity index is 1.30. The molecule has 2 fully saturated rings. The van der Waals surface area contributed by atoms with Gasteiger partial charge in [-0.3, -0.25) is 0 Å². The Bertz CT molecular complexity index is 927. The number of aliphatic hydroxyl groups is 1. The number of alkyl carbamates (subject to hydrolysis) is 2. The third-order valence-corrected chi connectivity index (χ3v) is 5.98. The van der Waals surface area contributed by atoms with Crippen molar-refractivity contribution in [3.63, 3.8) is 0 Å². The molecule has 0 aromatic heterocycles. The zero-order valence-electron chi connectivity index (χ0n) is 18.8. The second kappa shape index (κ2) is 11.8. The molecule has 9 heteroatoms. The number of rotatable bonds is 9. The molecular weight excluding hydrogens is 440 g/mol. The number of aliphatic hydroxyl groups excluding tert-OH is 1. The third kappa shape index (κ3) is 6.69. The zero-order chi connectivity index (χ0) is 23.8. The molecule has 182 valence electrons. The monoisotopic (exact) mass is 470 g/mol. The molecular formula is C25H30N2O7. The summed E-state index contributed by atoms with van der Waals surface area (Å²) in [6.45, 7) is 0.883. The molecule has 0 spiro atoms. The first-order chi connectivity index (χ1) is 16.6. The fourth-order valence-corrected chi connectivity index (χ4v) is 4.13. The van der Waals surface area contributed by atoms with E-state index in [1.807, 2.05) is 60.7 Å². The van der Waals surface area contributed by atoms with Crippen LogP contribution in [-0.4, -0.2) is 61.6 Å². The van der Waals surface area contributed by atoms with Crippen LogP contribution in [0.3, 0.4) is 0 Å². The van der Waals surface area contributed by atoms with E-state index in [-0.39, 0.29) is 32.0 Å². The summed E-state index contributed by atoms with van der Waals surface area (Å²) in [6, 6.07) is 18.1. The number of hydrogen-bond donors (Lipinski definition) is 3. The lowest BCUT2D eigenvalue weighted by Gasteiger charge is -2.25. The predicted octanol–water partition coefficient (Wildman–Crippen LogP) is 2.37. The van der Waals surface area contributed by atoms with Crippen LogP contribution in [0.15, 0.2) is 60.7 Å². The first kappa shape index (κ1) is 24.0. The minimum atomic E-state index is -1.07. The van der Waals surface area contributed by atoms with Crippen LogP contribution in [0.5, 0.6) is 0 Å². The first-order valence-electron chi connectivity index (χ1n) is 11.5. The normalized spacial score (nSPS) is 22.9. The van der Waals surface area contributed by atoms with Gasteiger partial charge in [0.25, 0.3) is 0 Å². The molecule has 2 heterocycles. The van der Waals surface area contributed by atoms with Crippen LogP contribution < -0.4 is 10.6 Å². The van der Waals surface area contributed by atoms with Crippen molar-refractivity contribution < 1.29 is 33.6 Å². The molecule has 2 saturated heterocycles. The number of ether oxygens (including phenoxy) is 4. The molecule has 0 aliphatic carbocycles. The average Bonchev–Trinajstić information content (AvgIpc) is 3.47. The number of fused-ring (bicyclic) bond motifs is 1. The van der Waals surface area contributed by atoms with Gasteiger partial charge in [0.15, 0.2) is 6.29 Å². The summed E-state index contributed by atoms with van der Waals surface area (Å²) >= 11 is 0. The lowest BCUT2D eigenvalue weighted by Crippen LogP contribution is -2.50. The smallest absolute Gasteiger partial charge is 0.407 e. The Hall–Kier alpha value is -3.14. The molecule has 9 nitrogen and oxygen atoms in total. The van der Waals surface area contributed by atoms with Crippen LogP contribution in [-0.2, 0) is 32.0 Å². The maximum Gasteiger partial charge on any atom is 0.407 e. The van der Waals surface area contributed by atoms with Gasteiger partial charge in [0, 0.05) is 6.54 Å². The van der Waals surface area contributed by atoms with Gasteiger partial charge >= 0.3 is 12.2 Å². The van der Waals surface area contributed by atoms with E-state index in [1.165, 1.54) is 0 Å². The summed E-state index contributed by atoms with van der Waals surface area (Å²) in [7, 11) is 0. The van der Waals surface area contributed by atoms with Crippen molar-refractivity contribution in [2.45, 2.75) is 44.0 Å². The SMILES string of the molecule is O=C(NC[C@@H](O)[C@H](Cc1ccccc1)NC(=O)O[C@H]1CO[C@H]2OCC[C@H]21)OCc1ccccc1. The summed E-state index contributed by atoms with van der Waals surface area (Å²) in [5, 5.41) is 16.1. The fourth-order valence-electron chi connectivity index (χ4n) is 4.13. The predicted molar refractivity (Wildman–Crippen MR) is 122 cm³/mol. The highest BCUT2D eigenvalue weighted by Crippen LogP contribution is 2.33. The Labute approximate surface area is 198 Å². The van der Waals surface area contributed by atoms with Crippen molar-refractivity contribution >= 4 is 12.2 Å². The van der Waals surface area contributed by atoms with Crippen molar-refractivity contribution in [1.29, 1.82) is 0 Å². The molecule has 2 aliphatic rings. The van der Waals surface area contributed by atoms with Crippen LogP contribution in [0.4, 0.5) is 9.59 Å². The van der Waals surface area contributed by atoms with E-state index in [0.29, 0.717) is 13.0 Å². The number of hydrogen-bond acceptors (Lipinski definition) is 7. The van der Waals surface area contributed by atoms with Gasteiger partial charge in [0.05, 0.1) is 31.3 Å². The third-order valence-electron chi connectivity index (χ3n) is 5.98. The fraction of sp³-hybridized carbons (Fsp3) is 0.440. The maximum absolute atomic E-state index is 12.6. The number of amides is 2. The van der Waals surface area contributed by atoms with Crippen molar-refractivity contribution in [3.05, 3.63) is 71.8 Å². The Morgan fingerprint density at radius 2 is 1.71 bits per heavy atom. The van der Waals surface area contributed by atoms with Gasteiger partial charge in [0.1, 0.15) is 12.7 Å². The van der Waals surface area contributed by atoms with E-state index in [0.717, 1.165) is 17.5 Å². The van der Waals surface area contributed by atoms with Crippen molar-refractivity contribution in [2.24, 2.45) is 5.92 Å². The van der Waals surface area contributed by atoms with Crippen LogP contribution in [0.25, 0.3) is 0 Å². The van der Waals surface area contributed by atoms with Gasteiger partial charge in [-0.2, -0.15) is 0 Å². The Kier molecular flexibility index (Phi) is 8.35. The zero-order valence-corrected chi connectivity index (χ0v) is 18.8. The molecule has 2 aromatic rings. The lowest BCUT2D eigenvalue weighted by molar-refractivity contribution is -0.0907. The highest BCUT2D eigenvalue weighted by Gasteiger charge is 2.44. The van der Waals surface area contributed by atoms with Gasteiger partial charge in [0.2, 0.25) is 0 Å². The van der Waals surface area contributed by atoms with Crippen LogP contribution in [0.1, 0.15) is 17.5 Å². The number of carbonyl (C=O) groups excluding carboxylic acids is 2. The maximum atomic E-state index is 12.6. The largest absolute Gasteiger partial charge is 0.445 e. The van der Waals surface area contributed by atoms with Crippen LogP contribution >= 0.6 is 0 Å². The second-order valence-electron chi connectivity index (χ2n) is 8.42. The second-order valence-corrected chi connectivity index (χ2v) is 8.42. The van der Waals surface area contributed by atoms with E-state index >= 15 is 0 Å².